The molecule has 0 radical (unpaired) electrons. The van der Waals surface area contributed by atoms with E-state index in [4.69, 9.17) is 35.4 Å². The third-order valence-electron chi connectivity index (χ3n) is 11.4. The van der Waals surface area contributed by atoms with Crippen LogP contribution in [-0.2, 0) is 30.3 Å². The summed E-state index contributed by atoms with van der Waals surface area (Å²) in [6, 6.07) is 8.52. The first-order valence-electron chi connectivity index (χ1n) is 15.5. The molecule has 1 aromatic rings. The summed E-state index contributed by atoms with van der Waals surface area (Å²) in [7, 11) is 0. The van der Waals surface area contributed by atoms with Crippen LogP contribution in [0.2, 0.25) is 0 Å². The van der Waals surface area contributed by atoms with Crippen LogP contribution < -0.4 is 5.32 Å². The molecular formula is C33H43ClN2O6. The number of hydrogen-bond acceptors (Lipinski definition) is 8. The number of aryl methyl sites for hydroxylation is 1. The minimum Gasteiger partial charge on any atom is -0.394 e. The van der Waals surface area contributed by atoms with Gasteiger partial charge >= 0.3 is 0 Å². The molecule has 7 rings (SSSR count). The van der Waals surface area contributed by atoms with Crippen LogP contribution >= 0.6 is 11.6 Å². The van der Waals surface area contributed by atoms with E-state index in [9.17, 15) is 5.11 Å². The van der Waals surface area contributed by atoms with Gasteiger partial charge in [0.05, 0.1) is 11.0 Å². The van der Waals surface area contributed by atoms with E-state index in [1.54, 1.807) is 0 Å². The molecule has 2 saturated heterocycles. The smallest absolute Gasteiger partial charge is 0.226 e. The molecule has 9 atom stereocenters. The highest BCUT2D eigenvalue weighted by Crippen LogP contribution is 2.70. The highest BCUT2D eigenvalue weighted by Gasteiger charge is 2.76. The molecular weight excluding hydrogens is 556 g/mol. The van der Waals surface area contributed by atoms with Crippen molar-refractivity contribution in [1.29, 1.82) is 0 Å². The summed E-state index contributed by atoms with van der Waals surface area (Å²) >= 11 is 7.72. The summed E-state index contributed by atoms with van der Waals surface area (Å²) in [6.07, 6.45) is 8.86. The van der Waals surface area contributed by atoms with Crippen molar-refractivity contribution < 1.29 is 28.9 Å². The summed E-state index contributed by atoms with van der Waals surface area (Å²) in [4.78, 5) is 4.84. The Morgan fingerprint density at radius 2 is 1.93 bits per heavy atom. The van der Waals surface area contributed by atoms with Gasteiger partial charge in [-0.15, -0.1) is 11.6 Å². The predicted molar refractivity (Wildman–Crippen MR) is 159 cm³/mol. The molecule has 2 unspecified atom stereocenters. The first-order valence-corrected chi connectivity index (χ1v) is 15.8. The fraction of sp³-hybridized carbons (Fsp3) is 0.667. The number of alkyl halides is 1. The van der Waals surface area contributed by atoms with Crippen LogP contribution in [0.4, 0.5) is 0 Å². The quantitative estimate of drug-likeness (QED) is 0.275. The van der Waals surface area contributed by atoms with Crippen LogP contribution in [-0.4, -0.2) is 66.5 Å². The molecule has 2 spiro atoms. The van der Waals surface area contributed by atoms with Gasteiger partial charge in [0.2, 0.25) is 5.79 Å². The Morgan fingerprint density at radius 1 is 1.12 bits per heavy atom. The van der Waals surface area contributed by atoms with Gasteiger partial charge in [-0.2, -0.15) is 0 Å². The van der Waals surface area contributed by atoms with E-state index < -0.39 is 27.8 Å². The van der Waals surface area contributed by atoms with Crippen molar-refractivity contribution in [1.82, 2.24) is 5.32 Å². The zero-order valence-electron chi connectivity index (χ0n) is 24.8. The van der Waals surface area contributed by atoms with Gasteiger partial charge < -0.3 is 34.2 Å². The van der Waals surface area contributed by atoms with Gasteiger partial charge in [-0.25, -0.2) is 0 Å². The fourth-order valence-electron chi connectivity index (χ4n) is 9.35. The highest BCUT2D eigenvalue weighted by molar-refractivity contribution is 6.26. The maximum Gasteiger partial charge on any atom is 0.226 e. The number of hydrogen-bond donors (Lipinski definition) is 2. The molecule has 2 aliphatic heterocycles. The molecule has 2 N–H and O–H groups in total. The lowest BCUT2D eigenvalue weighted by Gasteiger charge is -2.61. The zero-order valence-corrected chi connectivity index (χ0v) is 25.6. The molecule has 0 bridgehead atoms. The molecule has 9 heteroatoms. The summed E-state index contributed by atoms with van der Waals surface area (Å²) in [5, 5.41) is 19.8. The van der Waals surface area contributed by atoms with E-state index in [2.05, 4.69) is 67.7 Å². The lowest BCUT2D eigenvalue weighted by Crippen LogP contribution is -2.67. The molecule has 8 nitrogen and oxygen atoms in total. The number of halogens is 1. The van der Waals surface area contributed by atoms with Crippen molar-refractivity contribution >= 4 is 17.3 Å². The summed E-state index contributed by atoms with van der Waals surface area (Å²) in [5.41, 5.74) is 3.37. The van der Waals surface area contributed by atoms with E-state index in [1.165, 1.54) is 16.7 Å². The molecule has 1 aromatic carbocycles. The topological polar surface area (TPSA) is 90.8 Å². The van der Waals surface area contributed by atoms with Crippen LogP contribution in [0.3, 0.4) is 0 Å². The number of rotatable bonds is 6. The maximum absolute atomic E-state index is 11.9. The summed E-state index contributed by atoms with van der Waals surface area (Å²) in [6.45, 7) is 9.24. The van der Waals surface area contributed by atoms with Crippen LogP contribution in [0.5, 0.6) is 0 Å². The van der Waals surface area contributed by atoms with Crippen molar-refractivity contribution in [2.24, 2.45) is 34.2 Å². The largest absolute Gasteiger partial charge is 0.394 e. The van der Waals surface area contributed by atoms with Gasteiger partial charge in [0.25, 0.3) is 0 Å². The van der Waals surface area contributed by atoms with E-state index in [0.717, 1.165) is 31.5 Å². The minimum atomic E-state index is -0.909. The van der Waals surface area contributed by atoms with Crippen LogP contribution in [0.25, 0.3) is 0 Å². The van der Waals surface area contributed by atoms with Gasteiger partial charge in [0, 0.05) is 18.5 Å². The van der Waals surface area contributed by atoms with Crippen LogP contribution in [0, 0.1) is 36.0 Å². The number of allylic oxidation sites excluding steroid dienone is 4. The SMILES string of the molecule is Cc1ccc(CNCCO/N=C2/C=C[C@@]3(C)C(=C2)CC[C@H]2[C@@H]4C[C@@H](C)[C@@]5(OCOC56COCO6)C4C[C@H](O)[C@@]23Cl)cc1. The second-order valence-corrected chi connectivity index (χ2v) is 14.0. The van der Waals surface area contributed by atoms with Gasteiger partial charge in [-0.3, -0.25) is 0 Å². The number of oxime groups is 1. The lowest BCUT2D eigenvalue weighted by molar-refractivity contribution is -0.239. The second-order valence-electron chi connectivity index (χ2n) is 13.4. The first kappa shape index (κ1) is 29.0. The van der Waals surface area contributed by atoms with Crippen molar-refractivity contribution in [2.45, 2.75) is 75.4 Å². The number of fused-ring (bicyclic) bond motifs is 7. The van der Waals surface area contributed by atoms with E-state index in [-0.39, 0.29) is 31.3 Å². The Labute approximate surface area is 253 Å². The number of aliphatic hydroxyl groups excluding tert-OH is 1. The Balaban J connectivity index is 1.04. The van der Waals surface area contributed by atoms with Crippen molar-refractivity contribution in [3.8, 4) is 0 Å². The minimum absolute atomic E-state index is 0.0791. The predicted octanol–water partition coefficient (Wildman–Crippen LogP) is 4.83. The Hall–Kier alpha value is -1.78. The molecule has 42 heavy (non-hydrogen) atoms. The lowest BCUT2D eigenvalue weighted by atomic mass is 9.49. The van der Waals surface area contributed by atoms with Gasteiger partial charge in [-0.1, -0.05) is 60.5 Å². The Bertz CT molecular complexity index is 1270. The van der Waals surface area contributed by atoms with Crippen molar-refractivity contribution in [2.75, 3.05) is 33.3 Å². The summed E-state index contributed by atoms with van der Waals surface area (Å²) < 4.78 is 24.4. The Morgan fingerprint density at radius 3 is 2.71 bits per heavy atom. The molecule has 0 aromatic heterocycles. The highest BCUT2D eigenvalue weighted by atomic mass is 35.5. The van der Waals surface area contributed by atoms with Gasteiger partial charge in [-0.05, 0) is 74.0 Å². The fourth-order valence-corrected chi connectivity index (χ4v) is 9.90. The molecule has 5 fully saturated rings. The van der Waals surface area contributed by atoms with Crippen molar-refractivity contribution in [3.05, 3.63) is 59.2 Å². The molecule has 3 saturated carbocycles. The maximum atomic E-state index is 11.9. The van der Waals surface area contributed by atoms with Crippen LogP contribution in [0.15, 0.2) is 53.2 Å². The van der Waals surface area contributed by atoms with Gasteiger partial charge in [0.1, 0.15) is 24.5 Å². The molecule has 2 heterocycles. The van der Waals surface area contributed by atoms with E-state index in [1.807, 2.05) is 6.08 Å². The van der Waals surface area contributed by atoms with Crippen molar-refractivity contribution in [3.63, 3.8) is 0 Å². The third-order valence-corrected chi connectivity index (χ3v) is 12.3. The molecule has 228 valence electrons. The number of aliphatic hydroxyl groups is 1. The molecule has 6 aliphatic rings. The molecule has 0 amide bonds. The standard InChI is InChI=1S/C33H43ClN2O6/c1-21-4-6-23(7-5-21)17-35-12-13-42-36-25-10-11-30(3)24(15-25)8-9-27-26-14-22(2)33(28(26)16-29(37)32(27,30)34)31(40-20-41-33)18-38-19-39-31/h4-7,10-11,15,22,26-29,35,37H,8-9,12-14,16-20H2,1-3H3/b36-25-/t22-,26+,27+,28?,29+,30+,31?,32+,33-/m1/s1. The van der Waals surface area contributed by atoms with Gasteiger partial charge in [0.15, 0.2) is 13.6 Å². The normalized spacial score (nSPS) is 44.8. The van der Waals surface area contributed by atoms with Crippen LogP contribution in [0.1, 0.15) is 50.7 Å². The second kappa shape index (κ2) is 10.7. The Kier molecular flexibility index (Phi) is 7.37. The first-order chi connectivity index (χ1) is 20.2. The molecule has 4 aliphatic carbocycles. The monoisotopic (exact) mass is 598 g/mol. The van der Waals surface area contributed by atoms with E-state index in [0.29, 0.717) is 32.1 Å². The third kappa shape index (κ3) is 4.13. The number of nitrogens with zero attached hydrogens (tertiary/aromatic N) is 1. The number of ether oxygens (including phenoxy) is 4. The average molecular weight is 599 g/mol. The number of nitrogens with one attached hydrogen (secondary N) is 1. The number of benzene rings is 1. The summed E-state index contributed by atoms with van der Waals surface area (Å²) in [5.74, 6) is -0.221. The zero-order chi connectivity index (χ0) is 29.2. The van der Waals surface area contributed by atoms with E-state index >= 15 is 0 Å². The average Bonchev–Trinajstić information content (AvgIpc) is 3.68.